The van der Waals surface area contributed by atoms with Gasteiger partial charge < -0.3 is 5.32 Å². The zero-order valence-corrected chi connectivity index (χ0v) is 12.6. The van der Waals surface area contributed by atoms with E-state index in [0.717, 1.165) is 18.4 Å². The van der Waals surface area contributed by atoms with Gasteiger partial charge in [-0.25, -0.2) is 0 Å². The first-order valence-electron chi connectivity index (χ1n) is 7.20. The maximum atomic E-state index is 11.9. The molecule has 1 fully saturated rings. The number of nitro benzene ring substituents is 1. The van der Waals surface area contributed by atoms with E-state index in [1.165, 1.54) is 0 Å². The Kier molecular flexibility index (Phi) is 4.57. The maximum Gasteiger partial charge on any atom is 0.272 e. The highest BCUT2D eigenvalue weighted by Crippen LogP contribution is 2.23. The first kappa shape index (κ1) is 15.4. The summed E-state index contributed by atoms with van der Waals surface area (Å²) in [5.74, 6) is -0.0223. The summed E-state index contributed by atoms with van der Waals surface area (Å²) in [5, 5.41) is 17.1. The average Bonchev–Trinajstić information content (AvgIpc) is 3.22. The van der Waals surface area contributed by atoms with Crippen LogP contribution in [0.15, 0.2) is 18.2 Å². The minimum absolute atomic E-state index is 0.0223. The number of nitrogens with one attached hydrogen (secondary N) is 2. The van der Waals surface area contributed by atoms with Crippen molar-refractivity contribution in [1.29, 1.82) is 0 Å². The normalized spacial score (nSPS) is 17.1. The van der Waals surface area contributed by atoms with E-state index in [2.05, 4.69) is 10.6 Å². The van der Waals surface area contributed by atoms with Crippen molar-refractivity contribution >= 4 is 11.6 Å². The fourth-order valence-corrected chi connectivity index (χ4v) is 2.19. The molecule has 0 aromatic heterocycles. The van der Waals surface area contributed by atoms with E-state index < -0.39 is 0 Å². The molecule has 0 saturated heterocycles. The van der Waals surface area contributed by atoms with E-state index in [4.69, 9.17) is 0 Å². The van der Waals surface area contributed by atoms with Crippen molar-refractivity contribution in [2.24, 2.45) is 0 Å². The molecule has 0 radical (unpaired) electrons. The predicted molar refractivity (Wildman–Crippen MR) is 80.0 cm³/mol. The molecule has 0 spiro atoms. The second-order valence-electron chi connectivity index (χ2n) is 5.70. The van der Waals surface area contributed by atoms with Crippen molar-refractivity contribution in [3.8, 4) is 0 Å². The highest BCUT2D eigenvalue weighted by Gasteiger charge is 2.26. The first-order chi connectivity index (χ1) is 9.88. The van der Waals surface area contributed by atoms with Crippen LogP contribution in [-0.4, -0.2) is 22.9 Å². The molecular formula is C15H21N3O3. The topological polar surface area (TPSA) is 84.3 Å². The SMILES string of the molecule is Cc1ccc(C(C)NC(C)C(=O)NC2CC2)cc1[N+](=O)[O-]. The van der Waals surface area contributed by atoms with E-state index in [1.807, 2.05) is 13.0 Å². The molecule has 1 aliphatic rings. The Morgan fingerprint density at radius 2 is 2.05 bits per heavy atom. The van der Waals surface area contributed by atoms with Crippen LogP contribution in [0, 0.1) is 17.0 Å². The Morgan fingerprint density at radius 1 is 1.38 bits per heavy atom. The molecule has 0 aliphatic heterocycles. The lowest BCUT2D eigenvalue weighted by molar-refractivity contribution is -0.385. The number of carbonyl (C=O) groups is 1. The van der Waals surface area contributed by atoms with Gasteiger partial charge in [-0.3, -0.25) is 20.2 Å². The van der Waals surface area contributed by atoms with Gasteiger partial charge in [0.15, 0.2) is 0 Å². The molecule has 1 aromatic carbocycles. The van der Waals surface area contributed by atoms with Gasteiger partial charge in [-0.2, -0.15) is 0 Å². The molecule has 0 heterocycles. The van der Waals surface area contributed by atoms with Gasteiger partial charge in [-0.15, -0.1) is 0 Å². The quantitative estimate of drug-likeness (QED) is 0.621. The smallest absolute Gasteiger partial charge is 0.272 e. The van der Waals surface area contributed by atoms with Crippen molar-refractivity contribution in [3.63, 3.8) is 0 Å². The molecule has 1 saturated carbocycles. The van der Waals surface area contributed by atoms with Crippen molar-refractivity contribution < 1.29 is 9.72 Å². The molecule has 2 atom stereocenters. The third-order valence-electron chi connectivity index (χ3n) is 3.75. The number of hydrogen-bond donors (Lipinski definition) is 2. The van der Waals surface area contributed by atoms with Crippen LogP contribution in [0.25, 0.3) is 0 Å². The summed E-state index contributed by atoms with van der Waals surface area (Å²) in [5.41, 5.74) is 1.55. The van der Waals surface area contributed by atoms with E-state index >= 15 is 0 Å². The molecule has 21 heavy (non-hydrogen) atoms. The highest BCUT2D eigenvalue weighted by molar-refractivity contribution is 5.81. The van der Waals surface area contributed by atoms with E-state index in [-0.39, 0.29) is 28.6 Å². The molecule has 2 N–H and O–H groups in total. The maximum absolute atomic E-state index is 11.9. The molecule has 6 nitrogen and oxygen atoms in total. The van der Waals surface area contributed by atoms with Gasteiger partial charge in [0.1, 0.15) is 0 Å². The van der Waals surface area contributed by atoms with Gasteiger partial charge in [0, 0.05) is 23.7 Å². The van der Waals surface area contributed by atoms with E-state index in [9.17, 15) is 14.9 Å². The predicted octanol–water partition coefficient (Wildman–Crippen LogP) is 2.22. The van der Waals surface area contributed by atoms with Crippen LogP contribution in [0.3, 0.4) is 0 Å². The zero-order chi connectivity index (χ0) is 15.6. The lowest BCUT2D eigenvalue weighted by Crippen LogP contribution is -2.43. The number of carbonyl (C=O) groups excluding carboxylic acids is 1. The van der Waals surface area contributed by atoms with Crippen molar-refractivity contribution in [2.45, 2.75) is 51.7 Å². The van der Waals surface area contributed by atoms with Gasteiger partial charge in [0.2, 0.25) is 5.91 Å². The second-order valence-corrected chi connectivity index (χ2v) is 5.70. The van der Waals surface area contributed by atoms with Crippen molar-refractivity contribution in [3.05, 3.63) is 39.4 Å². The molecule has 0 bridgehead atoms. The molecule has 2 unspecified atom stereocenters. The monoisotopic (exact) mass is 291 g/mol. The summed E-state index contributed by atoms with van der Waals surface area (Å²) in [6.07, 6.45) is 2.11. The number of benzene rings is 1. The molecular weight excluding hydrogens is 270 g/mol. The third kappa shape index (κ3) is 4.01. The summed E-state index contributed by atoms with van der Waals surface area (Å²) in [6.45, 7) is 5.41. The van der Waals surface area contributed by atoms with Gasteiger partial charge in [-0.05, 0) is 39.2 Å². The second kappa shape index (κ2) is 6.22. The Morgan fingerprint density at radius 3 is 2.62 bits per heavy atom. The number of nitro groups is 1. The average molecular weight is 291 g/mol. The third-order valence-corrected chi connectivity index (χ3v) is 3.75. The number of rotatable bonds is 6. The van der Waals surface area contributed by atoms with E-state index in [0.29, 0.717) is 11.6 Å². The minimum atomic E-state index is -0.380. The fourth-order valence-electron chi connectivity index (χ4n) is 2.19. The first-order valence-corrected chi connectivity index (χ1v) is 7.20. The molecule has 114 valence electrons. The summed E-state index contributed by atoms with van der Waals surface area (Å²) >= 11 is 0. The van der Waals surface area contributed by atoms with Crippen LogP contribution in [-0.2, 0) is 4.79 Å². The van der Waals surface area contributed by atoms with Gasteiger partial charge in [-0.1, -0.05) is 12.1 Å². The Hall–Kier alpha value is -1.95. The Bertz CT molecular complexity index is 555. The summed E-state index contributed by atoms with van der Waals surface area (Å²) in [4.78, 5) is 22.5. The largest absolute Gasteiger partial charge is 0.352 e. The van der Waals surface area contributed by atoms with Crippen LogP contribution in [0.2, 0.25) is 0 Å². The fraction of sp³-hybridized carbons (Fsp3) is 0.533. The highest BCUT2D eigenvalue weighted by atomic mass is 16.6. The van der Waals surface area contributed by atoms with Gasteiger partial charge in [0.25, 0.3) is 5.69 Å². The molecule has 2 rings (SSSR count). The zero-order valence-electron chi connectivity index (χ0n) is 12.6. The van der Waals surface area contributed by atoms with E-state index in [1.54, 1.807) is 26.0 Å². The van der Waals surface area contributed by atoms with Crippen LogP contribution in [0.5, 0.6) is 0 Å². The number of hydrogen-bond acceptors (Lipinski definition) is 4. The van der Waals surface area contributed by atoms with Crippen molar-refractivity contribution in [1.82, 2.24) is 10.6 Å². The standard InChI is InChI=1S/C15H21N3O3/c1-9-4-5-12(8-14(9)18(20)21)10(2)16-11(3)15(19)17-13-6-7-13/h4-5,8,10-11,13,16H,6-7H2,1-3H3,(H,17,19). The van der Waals surface area contributed by atoms with Crippen LogP contribution in [0.1, 0.15) is 43.9 Å². The van der Waals surface area contributed by atoms with Crippen LogP contribution < -0.4 is 10.6 Å². The summed E-state index contributed by atoms with van der Waals surface area (Å²) in [6, 6.07) is 5.02. The van der Waals surface area contributed by atoms with Crippen LogP contribution >= 0.6 is 0 Å². The Labute approximate surface area is 124 Å². The molecule has 1 aromatic rings. The van der Waals surface area contributed by atoms with Gasteiger partial charge in [0.05, 0.1) is 11.0 Å². The lowest BCUT2D eigenvalue weighted by Gasteiger charge is -2.20. The molecule has 1 aliphatic carbocycles. The number of nitrogens with zero attached hydrogens (tertiary/aromatic N) is 1. The number of amides is 1. The van der Waals surface area contributed by atoms with Crippen LogP contribution in [0.4, 0.5) is 5.69 Å². The minimum Gasteiger partial charge on any atom is -0.352 e. The summed E-state index contributed by atoms with van der Waals surface area (Å²) < 4.78 is 0. The van der Waals surface area contributed by atoms with Crippen molar-refractivity contribution in [2.75, 3.05) is 0 Å². The molecule has 1 amide bonds. The Balaban J connectivity index is 2.01. The molecule has 6 heteroatoms. The lowest BCUT2D eigenvalue weighted by atomic mass is 10.0. The van der Waals surface area contributed by atoms with Gasteiger partial charge >= 0.3 is 0 Å². The summed E-state index contributed by atoms with van der Waals surface area (Å²) in [7, 11) is 0. The number of aryl methyl sites for hydroxylation is 1.